The Morgan fingerprint density at radius 2 is 1.85 bits per heavy atom. The lowest BCUT2D eigenvalue weighted by Crippen LogP contribution is -2.49. The maximum absolute atomic E-state index is 12.4. The first-order chi connectivity index (χ1) is 13.3. The summed E-state index contributed by atoms with van der Waals surface area (Å²) in [5, 5.41) is 12.6. The first-order valence-corrected chi connectivity index (χ1v) is 10.7. The fourth-order valence-corrected chi connectivity index (χ4v) is 4.42. The third-order valence-electron chi connectivity index (χ3n) is 6.22. The molecule has 1 aromatic rings. The zero-order chi connectivity index (χ0) is 18.9. The van der Waals surface area contributed by atoms with Gasteiger partial charge in [0.25, 0.3) is 0 Å². The van der Waals surface area contributed by atoms with E-state index in [1.807, 2.05) is 4.90 Å². The highest BCUT2D eigenvalue weighted by molar-refractivity contribution is 5.74. The van der Waals surface area contributed by atoms with Gasteiger partial charge in [0, 0.05) is 32.2 Å². The number of aliphatic hydroxyl groups is 1. The third-order valence-corrected chi connectivity index (χ3v) is 6.22. The molecule has 5 heteroatoms. The predicted octanol–water partition coefficient (Wildman–Crippen LogP) is 2.89. The molecule has 2 N–H and O–H groups in total. The summed E-state index contributed by atoms with van der Waals surface area (Å²) in [6, 6.07) is 11.0. The number of aryl methyl sites for hydroxylation is 1. The molecule has 0 bridgehead atoms. The van der Waals surface area contributed by atoms with Crippen molar-refractivity contribution in [3.63, 3.8) is 0 Å². The summed E-state index contributed by atoms with van der Waals surface area (Å²) in [7, 11) is 0. The summed E-state index contributed by atoms with van der Waals surface area (Å²) in [5.41, 5.74) is 1.41. The minimum absolute atomic E-state index is 0.0778. The van der Waals surface area contributed by atoms with Crippen molar-refractivity contribution in [1.82, 2.24) is 15.1 Å². The lowest BCUT2D eigenvalue weighted by molar-refractivity contribution is 0.0907. The van der Waals surface area contributed by atoms with E-state index in [1.54, 1.807) is 0 Å². The van der Waals surface area contributed by atoms with Gasteiger partial charge in [0.05, 0.1) is 6.61 Å². The Labute approximate surface area is 163 Å². The molecule has 2 saturated heterocycles. The summed E-state index contributed by atoms with van der Waals surface area (Å²) >= 11 is 0. The van der Waals surface area contributed by atoms with Gasteiger partial charge in [0.1, 0.15) is 0 Å². The third kappa shape index (κ3) is 6.22. The van der Waals surface area contributed by atoms with Crippen molar-refractivity contribution in [2.45, 2.75) is 51.0 Å². The van der Waals surface area contributed by atoms with Crippen LogP contribution in [0.2, 0.25) is 0 Å². The number of hydrogen-bond acceptors (Lipinski definition) is 3. The van der Waals surface area contributed by atoms with Gasteiger partial charge in [0.2, 0.25) is 0 Å². The summed E-state index contributed by atoms with van der Waals surface area (Å²) in [6.07, 6.45) is 8.05. The number of nitrogens with zero attached hydrogens (tertiary/aromatic N) is 2. The number of hydrogen-bond donors (Lipinski definition) is 2. The molecule has 1 unspecified atom stereocenters. The minimum Gasteiger partial charge on any atom is -0.395 e. The highest BCUT2D eigenvalue weighted by atomic mass is 16.3. The molecule has 2 amide bonds. The summed E-state index contributed by atoms with van der Waals surface area (Å²) in [5.74, 6) is 0.730. The number of nitrogens with one attached hydrogen (secondary N) is 1. The Morgan fingerprint density at radius 3 is 2.59 bits per heavy atom. The minimum atomic E-state index is 0.0778. The van der Waals surface area contributed by atoms with Crippen molar-refractivity contribution in [3.8, 4) is 0 Å². The molecule has 1 aromatic carbocycles. The molecular formula is C22H35N3O2. The highest BCUT2D eigenvalue weighted by Crippen LogP contribution is 2.22. The molecule has 0 radical (unpaired) electrons. The molecular weight excluding hydrogens is 338 g/mol. The van der Waals surface area contributed by atoms with Crippen LogP contribution in [0.1, 0.15) is 44.1 Å². The molecule has 0 saturated carbocycles. The van der Waals surface area contributed by atoms with Gasteiger partial charge in [-0.25, -0.2) is 4.79 Å². The Morgan fingerprint density at radius 1 is 1.07 bits per heavy atom. The van der Waals surface area contributed by atoms with Gasteiger partial charge < -0.3 is 15.3 Å². The Hall–Kier alpha value is -1.59. The first kappa shape index (κ1) is 20.2. The van der Waals surface area contributed by atoms with Gasteiger partial charge >= 0.3 is 6.03 Å². The lowest BCUT2D eigenvalue weighted by Gasteiger charge is -2.35. The normalized spacial score (nSPS) is 22.0. The number of urea groups is 1. The van der Waals surface area contributed by atoms with Crippen molar-refractivity contribution in [1.29, 1.82) is 0 Å². The Kier molecular flexibility index (Phi) is 7.96. The molecule has 2 aliphatic rings. The van der Waals surface area contributed by atoms with Crippen LogP contribution in [-0.4, -0.2) is 66.3 Å². The van der Waals surface area contributed by atoms with Crippen molar-refractivity contribution >= 4 is 6.03 Å². The smallest absolute Gasteiger partial charge is 0.317 e. The van der Waals surface area contributed by atoms with Gasteiger partial charge in [-0.05, 0) is 56.6 Å². The fraction of sp³-hybridized carbons (Fsp3) is 0.682. The van der Waals surface area contributed by atoms with Gasteiger partial charge in [-0.15, -0.1) is 0 Å². The molecule has 0 spiro atoms. The maximum Gasteiger partial charge on any atom is 0.317 e. The van der Waals surface area contributed by atoms with Gasteiger partial charge in [-0.1, -0.05) is 36.8 Å². The lowest BCUT2D eigenvalue weighted by atomic mass is 9.91. The number of benzene rings is 1. The van der Waals surface area contributed by atoms with Crippen LogP contribution in [0.5, 0.6) is 0 Å². The Balaban J connectivity index is 1.31. The van der Waals surface area contributed by atoms with E-state index in [0.29, 0.717) is 6.54 Å². The number of rotatable bonds is 7. The standard InChI is InChI=1S/C22H35N3O2/c26-18-21-8-4-5-14-24(21)17-13-23-22(27)25-15-11-20(12-16-25)10-9-19-6-2-1-3-7-19/h1-3,6-7,20-21,26H,4-5,8-18H2,(H,23,27). The second-order valence-electron chi connectivity index (χ2n) is 8.05. The quantitative estimate of drug-likeness (QED) is 0.773. The van der Waals surface area contributed by atoms with Gasteiger partial charge in [0.15, 0.2) is 0 Å². The van der Waals surface area contributed by atoms with Crippen LogP contribution in [0.25, 0.3) is 0 Å². The van der Waals surface area contributed by atoms with E-state index >= 15 is 0 Å². The zero-order valence-corrected chi connectivity index (χ0v) is 16.5. The van der Waals surface area contributed by atoms with Crippen LogP contribution in [0.4, 0.5) is 4.79 Å². The van der Waals surface area contributed by atoms with Crippen LogP contribution in [0.3, 0.4) is 0 Å². The first-order valence-electron chi connectivity index (χ1n) is 10.7. The molecule has 27 heavy (non-hydrogen) atoms. The molecule has 1 atom stereocenters. The van der Waals surface area contributed by atoms with Crippen LogP contribution in [0.15, 0.2) is 30.3 Å². The molecule has 0 aliphatic carbocycles. The number of amides is 2. The number of aliphatic hydroxyl groups excluding tert-OH is 1. The van der Waals surface area contributed by atoms with E-state index in [-0.39, 0.29) is 18.7 Å². The molecule has 2 fully saturated rings. The summed E-state index contributed by atoms with van der Waals surface area (Å²) in [4.78, 5) is 16.7. The van der Waals surface area contributed by atoms with E-state index in [9.17, 15) is 9.90 Å². The monoisotopic (exact) mass is 373 g/mol. The number of piperidine rings is 2. The van der Waals surface area contributed by atoms with E-state index < -0.39 is 0 Å². The number of likely N-dealkylation sites (tertiary alicyclic amines) is 2. The summed E-state index contributed by atoms with van der Waals surface area (Å²) in [6.45, 7) is 4.51. The maximum atomic E-state index is 12.4. The SMILES string of the molecule is O=C(NCCN1CCCCC1CO)N1CCC(CCc2ccccc2)CC1. The van der Waals surface area contributed by atoms with E-state index in [2.05, 4.69) is 40.5 Å². The number of carbonyl (C=O) groups is 1. The Bertz CT molecular complexity index is 558. The van der Waals surface area contributed by atoms with Crippen molar-refractivity contribution < 1.29 is 9.90 Å². The van der Waals surface area contributed by atoms with E-state index in [1.165, 1.54) is 24.8 Å². The molecule has 0 aromatic heterocycles. The van der Waals surface area contributed by atoms with Crippen molar-refractivity contribution in [3.05, 3.63) is 35.9 Å². The second kappa shape index (κ2) is 10.7. The zero-order valence-electron chi connectivity index (χ0n) is 16.5. The van der Waals surface area contributed by atoms with Gasteiger partial charge in [-0.3, -0.25) is 4.90 Å². The molecule has 2 heterocycles. The van der Waals surface area contributed by atoms with Crippen molar-refractivity contribution in [2.24, 2.45) is 5.92 Å². The van der Waals surface area contributed by atoms with Crippen LogP contribution < -0.4 is 5.32 Å². The second-order valence-corrected chi connectivity index (χ2v) is 8.05. The largest absolute Gasteiger partial charge is 0.395 e. The summed E-state index contributed by atoms with van der Waals surface area (Å²) < 4.78 is 0. The molecule has 3 rings (SSSR count). The van der Waals surface area contributed by atoms with Crippen LogP contribution >= 0.6 is 0 Å². The van der Waals surface area contributed by atoms with Gasteiger partial charge in [-0.2, -0.15) is 0 Å². The topological polar surface area (TPSA) is 55.8 Å². The average molecular weight is 374 g/mol. The fourth-order valence-electron chi connectivity index (χ4n) is 4.42. The number of carbonyl (C=O) groups excluding carboxylic acids is 1. The predicted molar refractivity (Wildman–Crippen MR) is 109 cm³/mol. The van der Waals surface area contributed by atoms with Crippen LogP contribution in [0, 0.1) is 5.92 Å². The van der Waals surface area contributed by atoms with E-state index in [4.69, 9.17) is 0 Å². The molecule has 150 valence electrons. The molecule has 2 aliphatic heterocycles. The van der Waals surface area contributed by atoms with E-state index in [0.717, 1.165) is 57.8 Å². The average Bonchev–Trinajstić information content (AvgIpc) is 2.73. The van der Waals surface area contributed by atoms with Crippen LogP contribution in [-0.2, 0) is 6.42 Å². The highest BCUT2D eigenvalue weighted by Gasteiger charge is 2.24. The van der Waals surface area contributed by atoms with Crippen molar-refractivity contribution in [2.75, 3.05) is 39.3 Å². The molecule has 5 nitrogen and oxygen atoms in total.